The Morgan fingerprint density at radius 2 is 1.70 bits per heavy atom. The van der Waals surface area contributed by atoms with Crippen LogP contribution in [0.15, 0.2) is 46.9 Å². The van der Waals surface area contributed by atoms with E-state index in [0.717, 1.165) is 6.07 Å². The van der Waals surface area contributed by atoms with E-state index >= 15 is 0 Å². The molecule has 1 aromatic heterocycles. The number of hydrogen-bond donors (Lipinski definition) is 0. The molecule has 1 aliphatic rings. The van der Waals surface area contributed by atoms with Crippen LogP contribution in [-0.2, 0) is 13.2 Å². The van der Waals surface area contributed by atoms with Crippen LogP contribution >= 0.6 is 34.8 Å². The zero-order valence-electron chi connectivity index (χ0n) is 17.3. The second-order valence-electron chi connectivity index (χ2n) is 7.53. The summed E-state index contributed by atoms with van der Waals surface area (Å²) < 4.78 is 38.6. The Hall–Kier alpha value is -2.32. The average Bonchev–Trinajstić information content (AvgIpc) is 3.25. The van der Waals surface area contributed by atoms with E-state index in [1.165, 1.54) is 18.2 Å². The smallest absolute Gasteiger partial charge is 0.289 e. The predicted molar refractivity (Wildman–Crippen MR) is 122 cm³/mol. The molecule has 0 N–H and O–H groups in total. The van der Waals surface area contributed by atoms with Gasteiger partial charge in [0.25, 0.3) is 5.91 Å². The highest BCUT2D eigenvalue weighted by Crippen LogP contribution is 2.36. The van der Waals surface area contributed by atoms with E-state index in [1.807, 2.05) is 4.90 Å². The number of benzene rings is 2. The number of nitrogens with zero attached hydrogens (tertiary/aromatic N) is 2. The second-order valence-corrected chi connectivity index (χ2v) is 8.79. The van der Waals surface area contributed by atoms with Crippen LogP contribution in [0, 0.1) is 11.6 Å². The molecule has 5 nitrogen and oxygen atoms in total. The van der Waals surface area contributed by atoms with Gasteiger partial charge in [-0.1, -0.05) is 46.9 Å². The number of rotatable bonds is 6. The van der Waals surface area contributed by atoms with E-state index in [2.05, 4.69) is 0 Å². The fourth-order valence-corrected chi connectivity index (χ4v) is 4.48. The lowest BCUT2D eigenvalue weighted by Crippen LogP contribution is -2.48. The van der Waals surface area contributed by atoms with Gasteiger partial charge < -0.3 is 14.1 Å². The predicted octanol–water partition coefficient (Wildman–Crippen LogP) is 6.06. The first-order valence-corrected chi connectivity index (χ1v) is 11.3. The molecular weight excluding hydrogens is 497 g/mol. The molecule has 0 spiro atoms. The van der Waals surface area contributed by atoms with Crippen molar-refractivity contribution in [2.24, 2.45) is 0 Å². The molecule has 3 aromatic rings. The Kier molecular flexibility index (Phi) is 7.44. The molecule has 2 heterocycles. The molecule has 2 aromatic carbocycles. The molecule has 1 fully saturated rings. The van der Waals surface area contributed by atoms with Gasteiger partial charge in [-0.25, -0.2) is 8.78 Å². The maximum Gasteiger partial charge on any atom is 0.289 e. The van der Waals surface area contributed by atoms with Gasteiger partial charge in [0.2, 0.25) is 0 Å². The summed E-state index contributed by atoms with van der Waals surface area (Å²) in [5.74, 6) is -1.05. The molecule has 0 radical (unpaired) electrons. The van der Waals surface area contributed by atoms with Crippen molar-refractivity contribution in [2.45, 2.75) is 13.2 Å². The lowest BCUT2D eigenvalue weighted by Gasteiger charge is -2.34. The largest absolute Gasteiger partial charge is 0.483 e. The minimum absolute atomic E-state index is 0.0291. The van der Waals surface area contributed by atoms with E-state index in [9.17, 15) is 13.6 Å². The maximum absolute atomic E-state index is 13.9. The number of furan rings is 1. The Morgan fingerprint density at radius 3 is 2.39 bits per heavy atom. The third-order valence-corrected chi connectivity index (χ3v) is 6.06. The highest BCUT2D eigenvalue weighted by Gasteiger charge is 2.25. The summed E-state index contributed by atoms with van der Waals surface area (Å²) in [4.78, 5) is 16.4. The Bertz CT molecular complexity index is 1140. The number of ether oxygens (including phenoxy) is 1. The Balaban J connectivity index is 1.31. The summed E-state index contributed by atoms with van der Waals surface area (Å²) in [6.45, 7) is 2.26. The van der Waals surface area contributed by atoms with E-state index in [4.69, 9.17) is 44.0 Å². The molecular formula is C23H19Cl3F2N2O3. The number of piperazine rings is 1. The lowest BCUT2D eigenvalue weighted by atomic mass is 10.1. The monoisotopic (exact) mass is 514 g/mol. The van der Waals surface area contributed by atoms with Crippen LogP contribution in [0.3, 0.4) is 0 Å². The molecule has 4 rings (SSSR count). The van der Waals surface area contributed by atoms with Crippen LogP contribution in [0.25, 0.3) is 0 Å². The zero-order chi connectivity index (χ0) is 23.5. The van der Waals surface area contributed by atoms with Gasteiger partial charge >= 0.3 is 0 Å². The third-order valence-electron chi connectivity index (χ3n) is 5.28. The third kappa shape index (κ3) is 5.61. The van der Waals surface area contributed by atoms with Crippen molar-refractivity contribution < 1.29 is 22.7 Å². The van der Waals surface area contributed by atoms with Gasteiger partial charge in [-0.2, -0.15) is 0 Å². The summed E-state index contributed by atoms with van der Waals surface area (Å²) >= 11 is 18.1. The molecule has 174 valence electrons. The standard InChI is InChI=1S/C23H19Cl3F2N2O3/c24-15-10-17(25)22(18(26)11-15)32-13-16-4-5-20(33-16)23(31)30-8-6-29(7-9-30)12-14-2-1-3-19(27)21(14)28/h1-5,10-11H,6-9,12-13H2. The molecule has 0 bridgehead atoms. The number of amides is 1. The minimum Gasteiger partial charge on any atom is -0.483 e. The fraction of sp³-hybridized carbons (Fsp3) is 0.261. The Morgan fingerprint density at radius 1 is 1.00 bits per heavy atom. The van der Waals surface area contributed by atoms with Crippen molar-refractivity contribution >= 4 is 40.7 Å². The molecule has 33 heavy (non-hydrogen) atoms. The van der Waals surface area contributed by atoms with Crippen LogP contribution in [0.5, 0.6) is 5.75 Å². The van der Waals surface area contributed by atoms with Crippen LogP contribution in [-0.4, -0.2) is 41.9 Å². The van der Waals surface area contributed by atoms with Crippen LogP contribution in [0.2, 0.25) is 15.1 Å². The van der Waals surface area contributed by atoms with E-state index in [-0.39, 0.29) is 40.6 Å². The average molecular weight is 516 g/mol. The normalized spacial score (nSPS) is 14.5. The van der Waals surface area contributed by atoms with Gasteiger partial charge in [0, 0.05) is 43.3 Å². The molecule has 1 aliphatic heterocycles. The van der Waals surface area contributed by atoms with E-state index in [0.29, 0.717) is 42.5 Å². The highest BCUT2D eigenvalue weighted by molar-refractivity contribution is 6.40. The highest BCUT2D eigenvalue weighted by atomic mass is 35.5. The zero-order valence-corrected chi connectivity index (χ0v) is 19.6. The van der Waals surface area contributed by atoms with Crippen molar-refractivity contribution in [1.82, 2.24) is 9.80 Å². The number of carbonyl (C=O) groups is 1. The first kappa shape index (κ1) is 23.8. The van der Waals surface area contributed by atoms with Gasteiger partial charge in [0.1, 0.15) is 12.4 Å². The van der Waals surface area contributed by atoms with Gasteiger partial charge in [-0.05, 0) is 30.3 Å². The fourth-order valence-electron chi connectivity index (χ4n) is 3.56. The molecule has 1 saturated heterocycles. The maximum atomic E-state index is 13.9. The van der Waals surface area contributed by atoms with E-state index in [1.54, 1.807) is 23.1 Å². The summed E-state index contributed by atoms with van der Waals surface area (Å²) in [6, 6.07) is 10.4. The summed E-state index contributed by atoms with van der Waals surface area (Å²) in [7, 11) is 0. The van der Waals surface area contributed by atoms with Crippen molar-refractivity contribution in [1.29, 1.82) is 0 Å². The van der Waals surface area contributed by atoms with Crippen molar-refractivity contribution in [3.63, 3.8) is 0 Å². The van der Waals surface area contributed by atoms with Gasteiger partial charge in [-0.15, -0.1) is 0 Å². The van der Waals surface area contributed by atoms with Gasteiger partial charge in [0.15, 0.2) is 23.1 Å². The number of carbonyl (C=O) groups excluding carboxylic acids is 1. The molecule has 0 aliphatic carbocycles. The number of halogens is 5. The van der Waals surface area contributed by atoms with E-state index < -0.39 is 11.6 Å². The van der Waals surface area contributed by atoms with Crippen LogP contribution < -0.4 is 4.74 Å². The van der Waals surface area contributed by atoms with Crippen molar-refractivity contribution in [2.75, 3.05) is 26.2 Å². The topological polar surface area (TPSA) is 45.9 Å². The molecule has 10 heteroatoms. The quantitative estimate of drug-likeness (QED) is 0.401. The number of hydrogen-bond acceptors (Lipinski definition) is 4. The molecule has 1 amide bonds. The lowest BCUT2D eigenvalue weighted by molar-refractivity contribution is 0.0592. The summed E-state index contributed by atoms with van der Waals surface area (Å²) in [5, 5.41) is 0.932. The minimum atomic E-state index is -0.862. The van der Waals surface area contributed by atoms with Gasteiger partial charge in [-0.3, -0.25) is 9.69 Å². The first-order chi connectivity index (χ1) is 15.8. The van der Waals surface area contributed by atoms with Crippen molar-refractivity contribution in [3.05, 3.63) is 86.3 Å². The van der Waals surface area contributed by atoms with Gasteiger partial charge in [0.05, 0.1) is 10.0 Å². The summed E-state index contributed by atoms with van der Waals surface area (Å²) in [5.41, 5.74) is 0.298. The van der Waals surface area contributed by atoms with Crippen LogP contribution in [0.1, 0.15) is 21.9 Å². The second kappa shape index (κ2) is 10.3. The molecule has 0 saturated carbocycles. The Labute approximate surface area is 204 Å². The SMILES string of the molecule is O=C(c1ccc(COc2c(Cl)cc(Cl)cc2Cl)o1)N1CCN(Cc2cccc(F)c2F)CC1. The molecule has 0 atom stereocenters. The summed E-state index contributed by atoms with van der Waals surface area (Å²) in [6.07, 6.45) is 0. The van der Waals surface area contributed by atoms with Crippen molar-refractivity contribution in [3.8, 4) is 5.75 Å². The first-order valence-electron chi connectivity index (χ1n) is 10.1. The van der Waals surface area contributed by atoms with Crippen LogP contribution in [0.4, 0.5) is 8.78 Å². The molecule has 0 unspecified atom stereocenters.